The molecule has 3 aromatic rings. The summed E-state index contributed by atoms with van der Waals surface area (Å²) in [6, 6.07) is 16.6. The summed E-state index contributed by atoms with van der Waals surface area (Å²) >= 11 is 0. The number of phenolic OH excluding ortho intramolecular Hbond substituents is 1. The van der Waals surface area contributed by atoms with Gasteiger partial charge in [-0.1, -0.05) is 18.2 Å². The number of methoxy groups -OCH3 is 2. The van der Waals surface area contributed by atoms with Crippen molar-refractivity contribution in [3.8, 4) is 11.5 Å². The predicted octanol–water partition coefficient (Wildman–Crippen LogP) is 4.60. The molecular formula is C23H18N2O7. The molecule has 0 saturated carbocycles. The molecule has 0 spiro atoms. The standard InChI is InChI=1S/C23H18N2O7/c1-30-22(28)17-12-15(8-10-19(17)26)24-25-16-9-11-20(18(13-16)23(29)31-2)32-21(27)14-6-4-3-5-7-14/h3-13,26H,1-2H3. The number of benzene rings is 3. The lowest BCUT2D eigenvalue weighted by atomic mass is 10.1. The van der Waals surface area contributed by atoms with E-state index in [4.69, 9.17) is 9.47 Å². The summed E-state index contributed by atoms with van der Waals surface area (Å²) < 4.78 is 14.7. The summed E-state index contributed by atoms with van der Waals surface area (Å²) in [4.78, 5) is 36.2. The first-order chi connectivity index (χ1) is 15.4. The van der Waals surface area contributed by atoms with Crippen molar-refractivity contribution in [2.24, 2.45) is 10.2 Å². The van der Waals surface area contributed by atoms with Crippen LogP contribution in [0, 0.1) is 0 Å². The molecule has 162 valence electrons. The third kappa shape index (κ3) is 5.14. The molecule has 0 bridgehead atoms. The molecule has 0 amide bonds. The molecule has 0 aliphatic rings. The number of carbonyl (C=O) groups excluding carboxylic acids is 3. The minimum absolute atomic E-state index is 0.00210. The van der Waals surface area contributed by atoms with Crippen LogP contribution >= 0.6 is 0 Å². The van der Waals surface area contributed by atoms with Gasteiger partial charge < -0.3 is 19.3 Å². The first-order valence-electron chi connectivity index (χ1n) is 9.25. The number of aromatic hydroxyl groups is 1. The Morgan fingerprint density at radius 3 is 1.91 bits per heavy atom. The highest BCUT2D eigenvalue weighted by Gasteiger charge is 2.18. The van der Waals surface area contributed by atoms with Gasteiger partial charge >= 0.3 is 17.9 Å². The van der Waals surface area contributed by atoms with Gasteiger partial charge in [0, 0.05) is 0 Å². The average molecular weight is 434 g/mol. The van der Waals surface area contributed by atoms with Crippen molar-refractivity contribution in [2.45, 2.75) is 0 Å². The Labute approximate surface area is 182 Å². The SMILES string of the molecule is COC(=O)c1cc(N=Nc2ccc(OC(=O)c3ccccc3)c(C(=O)OC)c2)ccc1O. The molecule has 0 aromatic heterocycles. The molecular weight excluding hydrogens is 416 g/mol. The number of hydrogen-bond donors (Lipinski definition) is 1. The van der Waals surface area contributed by atoms with Crippen molar-refractivity contribution in [2.75, 3.05) is 14.2 Å². The number of nitrogens with zero attached hydrogens (tertiary/aromatic N) is 2. The lowest BCUT2D eigenvalue weighted by Gasteiger charge is -2.09. The highest BCUT2D eigenvalue weighted by molar-refractivity contribution is 5.97. The van der Waals surface area contributed by atoms with E-state index in [0.717, 1.165) is 0 Å². The quantitative estimate of drug-likeness (QED) is 0.341. The van der Waals surface area contributed by atoms with Crippen LogP contribution in [-0.2, 0) is 9.47 Å². The van der Waals surface area contributed by atoms with Gasteiger partial charge in [-0.2, -0.15) is 10.2 Å². The van der Waals surface area contributed by atoms with Crippen LogP contribution < -0.4 is 4.74 Å². The molecule has 3 rings (SSSR count). The number of phenols is 1. The zero-order valence-corrected chi connectivity index (χ0v) is 17.1. The van der Waals surface area contributed by atoms with Gasteiger partial charge in [-0.25, -0.2) is 14.4 Å². The van der Waals surface area contributed by atoms with Gasteiger partial charge in [-0.3, -0.25) is 0 Å². The fourth-order valence-electron chi connectivity index (χ4n) is 2.65. The summed E-state index contributed by atoms with van der Waals surface area (Å²) in [7, 11) is 2.39. The van der Waals surface area contributed by atoms with Crippen LogP contribution in [0.25, 0.3) is 0 Å². The maximum absolute atomic E-state index is 12.3. The van der Waals surface area contributed by atoms with Gasteiger partial charge in [0.1, 0.15) is 22.6 Å². The molecule has 0 unspecified atom stereocenters. The van der Waals surface area contributed by atoms with Crippen molar-refractivity contribution >= 4 is 29.3 Å². The summed E-state index contributed by atoms with van der Waals surface area (Å²) in [6.45, 7) is 0. The first-order valence-corrected chi connectivity index (χ1v) is 9.25. The van der Waals surface area contributed by atoms with Gasteiger partial charge in [0.2, 0.25) is 0 Å². The number of hydrogen-bond acceptors (Lipinski definition) is 9. The second-order valence-corrected chi connectivity index (χ2v) is 6.32. The molecule has 0 radical (unpaired) electrons. The van der Waals surface area contributed by atoms with E-state index in [0.29, 0.717) is 5.56 Å². The van der Waals surface area contributed by atoms with Crippen LogP contribution in [0.15, 0.2) is 77.0 Å². The van der Waals surface area contributed by atoms with Crippen molar-refractivity contribution in [3.05, 3.63) is 83.4 Å². The molecule has 0 atom stereocenters. The molecule has 9 nitrogen and oxygen atoms in total. The Morgan fingerprint density at radius 2 is 1.28 bits per heavy atom. The fraction of sp³-hybridized carbons (Fsp3) is 0.0870. The molecule has 3 aromatic carbocycles. The maximum atomic E-state index is 12.3. The van der Waals surface area contributed by atoms with E-state index < -0.39 is 17.9 Å². The van der Waals surface area contributed by atoms with Crippen LogP contribution in [0.4, 0.5) is 11.4 Å². The Hall–Kier alpha value is -4.53. The van der Waals surface area contributed by atoms with E-state index in [-0.39, 0.29) is 34.0 Å². The summed E-state index contributed by atoms with van der Waals surface area (Å²) in [5.41, 5.74) is 0.761. The van der Waals surface area contributed by atoms with Crippen molar-refractivity contribution in [1.82, 2.24) is 0 Å². The minimum Gasteiger partial charge on any atom is -0.507 e. The van der Waals surface area contributed by atoms with E-state index in [1.54, 1.807) is 30.3 Å². The van der Waals surface area contributed by atoms with Crippen LogP contribution in [-0.4, -0.2) is 37.2 Å². The van der Waals surface area contributed by atoms with Crippen molar-refractivity contribution < 1.29 is 33.7 Å². The predicted molar refractivity (Wildman–Crippen MR) is 113 cm³/mol. The topological polar surface area (TPSA) is 124 Å². The number of esters is 3. The second kappa shape index (κ2) is 9.98. The molecule has 0 fully saturated rings. The smallest absolute Gasteiger partial charge is 0.343 e. The second-order valence-electron chi connectivity index (χ2n) is 6.32. The Bertz CT molecular complexity index is 1190. The number of carbonyl (C=O) groups is 3. The summed E-state index contributed by atoms with van der Waals surface area (Å²) in [6.07, 6.45) is 0. The van der Waals surface area contributed by atoms with Crippen LogP contribution in [0.3, 0.4) is 0 Å². The Morgan fingerprint density at radius 1 is 0.719 bits per heavy atom. The molecule has 0 aliphatic carbocycles. The molecule has 1 N–H and O–H groups in total. The molecule has 0 heterocycles. The average Bonchev–Trinajstić information content (AvgIpc) is 2.83. The number of rotatable bonds is 6. The summed E-state index contributed by atoms with van der Waals surface area (Å²) in [5.74, 6) is -2.34. The van der Waals surface area contributed by atoms with Crippen molar-refractivity contribution in [1.29, 1.82) is 0 Å². The number of azo groups is 1. The van der Waals surface area contributed by atoms with E-state index in [1.165, 1.54) is 50.6 Å². The Kier molecular flexibility index (Phi) is 6.92. The number of ether oxygens (including phenoxy) is 3. The first kappa shape index (κ1) is 22.2. The van der Waals surface area contributed by atoms with E-state index in [2.05, 4.69) is 15.0 Å². The van der Waals surface area contributed by atoms with Gasteiger partial charge in [0.15, 0.2) is 0 Å². The fourth-order valence-corrected chi connectivity index (χ4v) is 2.65. The maximum Gasteiger partial charge on any atom is 0.343 e. The van der Waals surface area contributed by atoms with Crippen LogP contribution in [0.2, 0.25) is 0 Å². The monoisotopic (exact) mass is 434 g/mol. The van der Waals surface area contributed by atoms with Gasteiger partial charge in [-0.05, 0) is 48.5 Å². The van der Waals surface area contributed by atoms with Gasteiger partial charge in [0.25, 0.3) is 0 Å². The van der Waals surface area contributed by atoms with Gasteiger partial charge in [0.05, 0.1) is 31.2 Å². The largest absolute Gasteiger partial charge is 0.507 e. The third-order valence-electron chi connectivity index (χ3n) is 4.25. The van der Waals surface area contributed by atoms with E-state index >= 15 is 0 Å². The van der Waals surface area contributed by atoms with Gasteiger partial charge in [-0.15, -0.1) is 0 Å². The molecule has 0 saturated heterocycles. The Balaban J connectivity index is 1.88. The lowest BCUT2D eigenvalue weighted by Crippen LogP contribution is -2.12. The zero-order chi connectivity index (χ0) is 23.1. The van der Waals surface area contributed by atoms with Crippen molar-refractivity contribution in [3.63, 3.8) is 0 Å². The molecule has 9 heteroatoms. The van der Waals surface area contributed by atoms with Crippen LogP contribution in [0.1, 0.15) is 31.1 Å². The lowest BCUT2D eigenvalue weighted by molar-refractivity contribution is 0.0584. The molecule has 0 aliphatic heterocycles. The zero-order valence-electron chi connectivity index (χ0n) is 17.1. The van der Waals surface area contributed by atoms with Crippen LogP contribution in [0.5, 0.6) is 11.5 Å². The highest BCUT2D eigenvalue weighted by Crippen LogP contribution is 2.29. The summed E-state index contributed by atoms with van der Waals surface area (Å²) in [5, 5.41) is 17.8. The van der Waals surface area contributed by atoms with E-state index in [1.807, 2.05) is 0 Å². The molecule has 32 heavy (non-hydrogen) atoms. The minimum atomic E-state index is -0.726. The third-order valence-corrected chi connectivity index (χ3v) is 4.25. The van der Waals surface area contributed by atoms with E-state index in [9.17, 15) is 19.5 Å². The normalized spacial score (nSPS) is 10.6. The highest BCUT2D eigenvalue weighted by atomic mass is 16.5.